The fourth-order valence-electron chi connectivity index (χ4n) is 3.11. The minimum absolute atomic E-state index is 0.102. The van der Waals surface area contributed by atoms with Crippen LogP contribution in [0.25, 0.3) is 0 Å². The quantitative estimate of drug-likeness (QED) is 0.749. The number of rotatable bonds is 4. The van der Waals surface area contributed by atoms with Gasteiger partial charge in [-0.15, -0.1) is 5.10 Å². The van der Waals surface area contributed by atoms with Gasteiger partial charge in [0.2, 0.25) is 0 Å². The Balaban J connectivity index is 1.50. The van der Waals surface area contributed by atoms with Gasteiger partial charge in [0, 0.05) is 0 Å². The summed E-state index contributed by atoms with van der Waals surface area (Å²) in [6, 6.07) is 12.2. The summed E-state index contributed by atoms with van der Waals surface area (Å²) in [5, 5.41) is 10.6. The van der Waals surface area contributed by atoms with Gasteiger partial charge in [-0.25, -0.2) is 9.07 Å². The number of hydrogen-bond acceptors (Lipinski definition) is 5. The number of fused-ring (bicyclic) bond motifs is 1. The third-order valence-corrected chi connectivity index (χ3v) is 4.67. The van der Waals surface area contributed by atoms with E-state index in [0.29, 0.717) is 12.2 Å². The Morgan fingerprint density at radius 2 is 2.07 bits per heavy atom. The maximum Gasteiger partial charge on any atom is 0.278 e. The van der Waals surface area contributed by atoms with Gasteiger partial charge in [-0.05, 0) is 42.3 Å². The van der Waals surface area contributed by atoms with E-state index in [2.05, 4.69) is 15.6 Å². The zero-order valence-electron chi connectivity index (χ0n) is 15.5. The highest BCUT2D eigenvalue weighted by atomic mass is 19.1. The molecule has 1 aliphatic heterocycles. The molecule has 144 valence electrons. The van der Waals surface area contributed by atoms with Crippen LogP contribution in [0, 0.1) is 12.7 Å². The van der Waals surface area contributed by atoms with E-state index < -0.39 is 11.7 Å². The average Bonchev–Trinajstić information content (AvgIpc) is 3.13. The summed E-state index contributed by atoms with van der Waals surface area (Å²) >= 11 is 0. The highest BCUT2D eigenvalue weighted by molar-refractivity contribution is 6.03. The number of anilines is 1. The summed E-state index contributed by atoms with van der Waals surface area (Å²) in [5.41, 5.74) is 2.55. The smallest absolute Gasteiger partial charge is 0.278 e. The predicted octanol–water partition coefficient (Wildman–Crippen LogP) is 3.26. The van der Waals surface area contributed by atoms with Crippen LogP contribution in [0.4, 0.5) is 10.1 Å². The van der Waals surface area contributed by atoms with Gasteiger partial charge in [0.1, 0.15) is 17.7 Å². The summed E-state index contributed by atoms with van der Waals surface area (Å²) in [4.78, 5) is 12.5. The van der Waals surface area contributed by atoms with Crippen molar-refractivity contribution in [2.24, 2.45) is 0 Å². The third kappa shape index (κ3) is 3.46. The first kappa shape index (κ1) is 18.1. The topological polar surface area (TPSA) is 78.3 Å². The molecule has 2 aromatic carbocycles. The Kier molecular flexibility index (Phi) is 4.79. The van der Waals surface area contributed by atoms with Gasteiger partial charge in [-0.2, -0.15) is 0 Å². The van der Waals surface area contributed by atoms with Gasteiger partial charge in [0.05, 0.1) is 31.6 Å². The summed E-state index contributed by atoms with van der Waals surface area (Å²) < 4.78 is 26.7. The number of nitrogens with one attached hydrogen (secondary N) is 1. The minimum atomic E-state index is -0.518. The second kappa shape index (κ2) is 7.40. The monoisotopic (exact) mass is 382 g/mol. The van der Waals surface area contributed by atoms with Crippen LogP contribution in [0.5, 0.6) is 5.75 Å². The van der Waals surface area contributed by atoms with Crippen LogP contribution in [0.3, 0.4) is 0 Å². The second-order valence-corrected chi connectivity index (χ2v) is 6.58. The van der Waals surface area contributed by atoms with E-state index in [1.165, 1.54) is 12.1 Å². The first-order valence-corrected chi connectivity index (χ1v) is 8.80. The fourth-order valence-corrected chi connectivity index (χ4v) is 3.11. The Morgan fingerprint density at radius 1 is 1.29 bits per heavy atom. The van der Waals surface area contributed by atoms with Crippen LogP contribution in [0.15, 0.2) is 42.5 Å². The molecule has 0 radical (unpaired) electrons. The van der Waals surface area contributed by atoms with Gasteiger partial charge >= 0.3 is 0 Å². The van der Waals surface area contributed by atoms with Gasteiger partial charge in [0.15, 0.2) is 5.69 Å². The molecule has 1 amide bonds. The molecule has 28 heavy (non-hydrogen) atoms. The molecular weight excluding hydrogens is 363 g/mol. The SMILES string of the molecule is COc1ccc([C@H]2Cn3nnc(C(=O)Nc4ccc(C)cc4F)c3CO2)cc1. The molecule has 4 rings (SSSR count). The lowest BCUT2D eigenvalue weighted by atomic mass is 10.1. The molecule has 0 spiro atoms. The number of nitrogens with zero attached hydrogens (tertiary/aromatic N) is 3. The van der Waals surface area contributed by atoms with Crippen LogP contribution in [-0.4, -0.2) is 28.0 Å². The highest BCUT2D eigenvalue weighted by Gasteiger charge is 2.28. The number of carbonyl (C=O) groups excluding carboxylic acids is 1. The lowest BCUT2D eigenvalue weighted by molar-refractivity contribution is -0.00173. The zero-order valence-corrected chi connectivity index (χ0v) is 15.5. The van der Waals surface area contributed by atoms with Crippen LogP contribution in [0.2, 0.25) is 0 Å². The van der Waals surface area contributed by atoms with Crippen LogP contribution < -0.4 is 10.1 Å². The Labute approximate surface area is 161 Å². The number of hydrogen-bond donors (Lipinski definition) is 1. The normalized spacial score (nSPS) is 15.8. The molecule has 1 N–H and O–H groups in total. The first-order valence-electron chi connectivity index (χ1n) is 8.80. The largest absolute Gasteiger partial charge is 0.497 e. The van der Waals surface area contributed by atoms with Gasteiger partial charge in [-0.3, -0.25) is 4.79 Å². The number of halogens is 1. The number of aromatic nitrogens is 3. The molecule has 0 bridgehead atoms. The molecule has 0 fully saturated rings. The molecule has 1 aromatic heterocycles. The Hall–Kier alpha value is -3.26. The van der Waals surface area contributed by atoms with E-state index in [1.54, 1.807) is 24.8 Å². The lowest BCUT2D eigenvalue weighted by Gasteiger charge is -2.24. The number of aryl methyl sites for hydroxylation is 1. The number of amides is 1. The predicted molar refractivity (Wildman–Crippen MR) is 99.6 cm³/mol. The minimum Gasteiger partial charge on any atom is -0.497 e. The number of carbonyl (C=O) groups is 1. The summed E-state index contributed by atoms with van der Waals surface area (Å²) in [7, 11) is 1.61. The Bertz CT molecular complexity index is 1020. The van der Waals surface area contributed by atoms with Crippen molar-refractivity contribution in [2.45, 2.75) is 26.2 Å². The van der Waals surface area contributed by atoms with Crippen LogP contribution in [-0.2, 0) is 17.9 Å². The van der Waals surface area contributed by atoms with E-state index >= 15 is 0 Å². The molecule has 0 aliphatic carbocycles. The summed E-state index contributed by atoms with van der Waals surface area (Å²) in [6.07, 6.45) is -0.203. The van der Waals surface area contributed by atoms with E-state index in [1.807, 2.05) is 24.3 Å². The van der Waals surface area contributed by atoms with Crippen LogP contribution >= 0.6 is 0 Å². The van der Waals surface area contributed by atoms with Gasteiger partial charge in [0.25, 0.3) is 5.91 Å². The third-order valence-electron chi connectivity index (χ3n) is 4.67. The fraction of sp³-hybridized carbons (Fsp3) is 0.250. The summed E-state index contributed by atoms with van der Waals surface area (Å²) in [5.74, 6) is -0.246. The molecule has 3 aromatic rings. The van der Waals surface area contributed by atoms with Crippen molar-refractivity contribution >= 4 is 11.6 Å². The molecule has 0 saturated carbocycles. The molecule has 0 saturated heterocycles. The van der Waals surface area contributed by atoms with E-state index in [0.717, 1.165) is 16.9 Å². The first-order chi connectivity index (χ1) is 13.5. The highest BCUT2D eigenvalue weighted by Crippen LogP contribution is 2.28. The maximum absolute atomic E-state index is 14.0. The van der Waals surface area contributed by atoms with Crippen molar-refractivity contribution < 1.29 is 18.7 Å². The maximum atomic E-state index is 14.0. The number of methoxy groups -OCH3 is 1. The lowest BCUT2D eigenvalue weighted by Crippen LogP contribution is -2.24. The van der Waals surface area contributed by atoms with Crippen molar-refractivity contribution in [3.8, 4) is 5.75 Å². The summed E-state index contributed by atoms with van der Waals surface area (Å²) in [6.45, 7) is 2.39. The molecule has 8 heteroatoms. The molecule has 1 aliphatic rings. The average molecular weight is 382 g/mol. The Morgan fingerprint density at radius 3 is 2.79 bits per heavy atom. The van der Waals surface area contributed by atoms with Crippen molar-refractivity contribution in [2.75, 3.05) is 12.4 Å². The number of benzene rings is 2. The van der Waals surface area contributed by atoms with E-state index in [4.69, 9.17) is 9.47 Å². The van der Waals surface area contributed by atoms with Crippen molar-refractivity contribution in [1.82, 2.24) is 15.0 Å². The second-order valence-electron chi connectivity index (χ2n) is 6.58. The van der Waals surface area contributed by atoms with Crippen LogP contribution in [0.1, 0.15) is 33.4 Å². The van der Waals surface area contributed by atoms with E-state index in [-0.39, 0.29) is 24.1 Å². The molecule has 2 heterocycles. The van der Waals surface area contributed by atoms with Crippen molar-refractivity contribution in [3.63, 3.8) is 0 Å². The standard InChI is InChI=1S/C20H19FN4O3/c1-12-3-8-16(15(21)9-12)22-20(26)19-17-11-28-18(10-25(17)24-23-19)13-4-6-14(27-2)7-5-13/h3-9,18H,10-11H2,1-2H3,(H,22,26)/t18-/m1/s1. The van der Waals surface area contributed by atoms with E-state index in [9.17, 15) is 9.18 Å². The number of ether oxygens (including phenoxy) is 2. The van der Waals surface area contributed by atoms with Gasteiger partial charge < -0.3 is 14.8 Å². The molecular formula is C20H19FN4O3. The van der Waals surface area contributed by atoms with Gasteiger partial charge in [-0.1, -0.05) is 23.4 Å². The zero-order chi connectivity index (χ0) is 19.7. The molecule has 1 atom stereocenters. The van der Waals surface area contributed by atoms with Crippen molar-refractivity contribution in [3.05, 3.63) is 70.8 Å². The van der Waals surface area contributed by atoms with Crippen molar-refractivity contribution in [1.29, 1.82) is 0 Å². The molecule has 0 unspecified atom stereocenters. The molecule has 7 nitrogen and oxygen atoms in total.